The molecule has 0 aliphatic carbocycles. The third-order valence-corrected chi connectivity index (χ3v) is 3.26. The van der Waals surface area contributed by atoms with Gasteiger partial charge in [0.2, 0.25) is 0 Å². The number of likely N-dealkylation sites (tertiary alicyclic amines) is 1. The molecular formula is C12H15ClF3N3O. The van der Waals surface area contributed by atoms with Crippen molar-refractivity contribution >= 4 is 24.0 Å². The molecule has 0 aromatic carbocycles. The van der Waals surface area contributed by atoms with E-state index >= 15 is 0 Å². The van der Waals surface area contributed by atoms with E-state index in [9.17, 15) is 18.0 Å². The normalized spacial score (nSPS) is 19.4. The summed E-state index contributed by atoms with van der Waals surface area (Å²) in [5, 5.41) is 0. The van der Waals surface area contributed by atoms with E-state index in [4.69, 9.17) is 5.73 Å². The lowest BCUT2D eigenvalue weighted by Crippen LogP contribution is -2.44. The number of pyridine rings is 1. The van der Waals surface area contributed by atoms with E-state index in [1.165, 1.54) is 23.4 Å². The van der Waals surface area contributed by atoms with Crippen LogP contribution in [0.4, 0.5) is 18.9 Å². The number of amides is 1. The van der Waals surface area contributed by atoms with Gasteiger partial charge < -0.3 is 10.6 Å². The number of alkyl halides is 3. The second-order valence-electron chi connectivity index (χ2n) is 4.59. The molecule has 1 aromatic rings. The number of nitrogens with zero attached hydrogens (tertiary/aromatic N) is 2. The molecular weight excluding hydrogens is 295 g/mol. The third kappa shape index (κ3) is 3.53. The minimum absolute atomic E-state index is 0. The number of hydrogen-bond donors (Lipinski definition) is 1. The van der Waals surface area contributed by atoms with Crippen LogP contribution in [0.15, 0.2) is 18.5 Å². The second kappa shape index (κ2) is 6.30. The maximum atomic E-state index is 12.7. The molecule has 20 heavy (non-hydrogen) atoms. The Labute approximate surface area is 120 Å². The SMILES string of the molecule is Cl.Nc1ccncc1C(=O)N1CCCC(C(F)(F)F)C1. The van der Waals surface area contributed by atoms with Crippen LogP contribution in [0.3, 0.4) is 0 Å². The molecule has 1 aliphatic heterocycles. The standard InChI is InChI=1S/C12H14F3N3O.ClH/c13-12(14,15)8-2-1-5-18(7-8)11(19)9-6-17-4-3-10(9)16;/h3-4,6,8H,1-2,5,7H2,(H2,16,17);1H. The van der Waals surface area contributed by atoms with Crippen LogP contribution in [0.5, 0.6) is 0 Å². The smallest absolute Gasteiger partial charge is 0.393 e. The van der Waals surface area contributed by atoms with Gasteiger partial charge in [-0.2, -0.15) is 13.2 Å². The number of carbonyl (C=O) groups is 1. The highest BCUT2D eigenvalue weighted by Gasteiger charge is 2.42. The van der Waals surface area contributed by atoms with Crippen molar-refractivity contribution in [1.29, 1.82) is 0 Å². The molecule has 1 aliphatic rings. The fourth-order valence-electron chi connectivity index (χ4n) is 2.18. The van der Waals surface area contributed by atoms with Crippen molar-refractivity contribution in [3.8, 4) is 0 Å². The van der Waals surface area contributed by atoms with Crippen LogP contribution < -0.4 is 5.73 Å². The number of halogens is 4. The van der Waals surface area contributed by atoms with Crippen molar-refractivity contribution in [2.45, 2.75) is 19.0 Å². The molecule has 4 nitrogen and oxygen atoms in total. The Kier molecular flexibility index (Phi) is 5.21. The molecule has 1 unspecified atom stereocenters. The molecule has 0 spiro atoms. The van der Waals surface area contributed by atoms with E-state index in [0.717, 1.165) is 0 Å². The van der Waals surface area contributed by atoms with Crippen molar-refractivity contribution < 1.29 is 18.0 Å². The highest BCUT2D eigenvalue weighted by molar-refractivity contribution is 5.98. The van der Waals surface area contributed by atoms with E-state index in [2.05, 4.69) is 4.98 Å². The molecule has 0 bridgehead atoms. The van der Waals surface area contributed by atoms with Crippen LogP contribution in [0, 0.1) is 5.92 Å². The number of carbonyl (C=O) groups excluding carboxylic acids is 1. The predicted molar refractivity (Wildman–Crippen MR) is 70.6 cm³/mol. The van der Waals surface area contributed by atoms with Gasteiger partial charge in [-0.1, -0.05) is 0 Å². The summed E-state index contributed by atoms with van der Waals surface area (Å²) in [7, 11) is 0. The lowest BCUT2D eigenvalue weighted by atomic mass is 9.97. The van der Waals surface area contributed by atoms with Crippen LogP contribution in [-0.2, 0) is 0 Å². The monoisotopic (exact) mass is 309 g/mol. The highest BCUT2D eigenvalue weighted by atomic mass is 35.5. The molecule has 1 amide bonds. The summed E-state index contributed by atoms with van der Waals surface area (Å²) in [4.78, 5) is 17.1. The van der Waals surface area contributed by atoms with Gasteiger partial charge in [0.1, 0.15) is 0 Å². The minimum atomic E-state index is -4.26. The molecule has 112 valence electrons. The molecule has 1 aromatic heterocycles. The van der Waals surface area contributed by atoms with Gasteiger partial charge in [0.15, 0.2) is 0 Å². The van der Waals surface area contributed by atoms with Crippen molar-refractivity contribution in [3.05, 3.63) is 24.0 Å². The van der Waals surface area contributed by atoms with E-state index in [1.807, 2.05) is 0 Å². The Morgan fingerprint density at radius 3 is 2.75 bits per heavy atom. The molecule has 1 atom stereocenters. The Morgan fingerprint density at radius 2 is 2.15 bits per heavy atom. The maximum Gasteiger partial charge on any atom is 0.393 e. The van der Waals surface area contributed by atoms with E-state index in [0.29, 0.717) is 13.0 Å². The van der Waals surface area contributed by atoms with E-state index < -0.39 is 18.0 Å². The van der Waals surface area contributed by atoms with Gasteiger partial charge in [-0.25, -0.2) is 0 Å². The van der Waals surface area contributed by atoms with Gasteiger partial charge in [0.05, 0.1) is 11.5 Å². The van der Waals surface area contributed by atoms with Gasteiger partial charge in [-0.3, -0.25) is 9.78 Å². The van der Waals surface area contributed by atoms with E-state index in [-0.39, 0.29) is 36.6 Å². The fourth-order valence-corrected chi connectivity index (χ4v) is 2.18. The van der Waals surface area contributed by atoms with Crippen molar-refractivity contribution in [3.63, 3.8) is 0 Å². The summed E-state index contributed by atoms with van der Waals surface area (Å²) in [6.07, 6.45) is -1.14. The first-order valence-electron chi connectivity index (χ1n) is 5.95. The molecule has 2 N–H and O–H groups in total. The fraction of sp³-hybridized carbons (Fsp3) is 0.500. The Hall–Kier alpha value is -1.50. The summed E-state index contributed by atoms with van der Waals surface area (Å²) >= 11 is 0. The molecule has 2 heterocycles. The quantitative estimate of drug-likeness (QED) is 0.867. The summed E-state index contributed by atoms with van der Waals surface area (Å²) in [5.74, 6) is -1.94. The Balaban J connectivity index is 0.00000200. The Bertz CT molecular complexity index is 481. The maximum absolute atomic E-state index is 12.7. The van der Waals surface area contributed by atoms with Crippen molar-refractivity contribution in [1.82, 2.24) is 9.88 Å². The van der Waals surface area contributed by atoms with Crippen LogP contribution in [0.2, 0.25) is 0 Å². The predicted octanol–water partition coefficient (Wildman–Crippen LogP) is 2.50. The van der Waals surface area contributed by atoms with Gasteiger partial charge >= 0.3 is 6.18 Å². The molecule has 1 saturated heterocycles. The van der Waals surface area contributed by atoms with Crippen LogP contribution in [0.1, 0.15) is 23.2 Å². The van der Waals surface area contributed by atoms with Crippen LogP contribution >= 0.6 is 12.4 Å². The topological polar surface area (TPSA) is 59.2 Å². The number of nitrogen functional groups attached to an aromatic ring is 1. The number of rotatable bonds is 1. The van der Waals surface area contributed by atoms with Crippen LogP contribution in [-0.4, -0.2) is 35.1 Å². The lowest BCUT2D eigenvalue weighted by molar-refractivity contribution is -0.184. The zero-order valence-corrected chi connectivity index (χ0v) is 11.4. The first-order chi connectivity index (χ1) is 8.89. The first-order valence-corrected chi connectivity index (χ1v) is 5.95. The summed E-state index contributed by atoms with van der Waals surface area (Å²) in [6.45, 7) is 0.0103. The largest absolute Gasteiger partial charge is 0.398 e. The van der Waals surface area contributed by atoms with Gasteiger partial charge in [0, 0.05) is 31.2 Å². The molecule has 0 saturated carbocycles. The second-order valence-corrected chi connectivity index (χ2v) is 4.59. The molecule has 8 heteroatoms. The Morgan fingerprint density at radius 1 is 1.45 bits per heavy atom. The summed E-state index contributed by atoms with van der Waals surface area (Å²) < 4.78 is 38.1. The zero-order chi connectivity index (χ0) is 14.0. The summed E-state index contributed by atoms with van der Waals surface area (Å²) in [6, 6.07) is 1.46. The van der Waals surface area contributed by atoms with Gasteiger partial charge in [-0.15, -0.1) is 12.4 Å². The number of anilines is 1. The summed E-state index contributed by atoms with van der Waals surface area (Å²) in [5.41, 5.74) is 6.03. The highest BCUT2D eigenvalue weighted by Crippen LogP contribution is 2.33. The number of piperidine rings is 1. The third-order valence-electron chi connectivity index (χ3n) is 3.26. The minimum Gasteiger partial charge on any atom is -0.398 e. The van der Waals surface area contributed by atoms with E-state index in [1.54, 1.807) is 0 Å². The van der Waals surface area contributed by atoms with Crippen LogP contribution in [0.25, 0.3) is 0 Å². The molecule has 1 fully saturated rings. The number of nitrogens with two attached hydrogens (primary N) is 1. The molecule has 2 rings (SSSR count). The average Bonchev–Trinajstić information content (AvgIpc) is 2.38. The first kappa shape index (κ1) is 16.6. The number of hydrogen-bond acceptors (Lipinski definition) is 3. The van der Waals surface area contributed by atoms with Gasteiger partial charge in [-0.05, 0) is 18.9 Å². The average molecular weight is 310 g/mol. The lowest BCUT2D eigenvalue weighted by Gasteiger charge is -2.33. The van der Waals surface area contributed by atoms with Crippen molar-refractivity contribution in [2.75, 3.05) is 18.8 Å². The number of aromatic nitrogens is 1. The molecule has 0 radical (unpaired) electrons. The van der Waals surface area contributed by atoms with Crippen molar-refractivity contribution in [2.24, 2.45) is 5.92 Å². The van der Waals surface area contributed by atoms with Gasteiger partial charge in [0.25, 0.3) is 5.91 Å². The zero-order valence-electron chi connectivity index (χ0n) is 10.6.